The van der Waals surface area contributed by atoms with Crippen LogP contribution < -0.4 is 9.47 Å². The summed E-state index contributed by atoms with van der Waals surface area (Å²) in [6, 6.07) is 5.98. The van der Waals surface area contributed by atoms with Gasteiger partial charge in [-0.25, -0.2) is 0 Å². The highest BCUT2D eigenvalue weighted by Gasteiger charge is 2.31. The highest BCUT2D eigenvalue weighted by molar-refractivity contribution is 5.77. The molecule has 1 saturated heterocycles. The quantitative estimate of drug-likeness (QED) is 0.804. The predicted molar refractivity (Wildman–Crippen MR) is 82.8 cm³/mol. The van der Waals surface area contributed by atoms with Gasteiger partial charge < -0.3 is 14.4 Å². The second-order valence-corrected chi connectivity index (χ2v) is 5.46. The van der Waals surface area contributed by atoms with Gasteiger partial charge in [-0.15, -0.1) is 0 Å². The van der Waals surface area contributed by atoms with E-state index in [1.165, 1.54) is 0 Å². The minimum absolute atomic E-state index is 0.134. The lowest BCUT2D eigenvalue weighted by Gasteiger charge is -2.26. The number of unbranched alkanes of at least 4 members (excludes halogenated alkanes) is 1. The van der Waals surface area contributed by atoms with Gasteiger partial charge in [-0.2, -0.15) is 0 Å². The first-order valence-electron chi connectivity index (χ1n) is 7.72. The fraction of sp³-hybridized carbons (Fsp3) is 0.588. The lowest BCUT2D eigenvalue weighted by molar-refractivity contribution is -0.132. The minimum Gasteiger partial charge on any atom is -0.497 e. The minimum atomic E-state index is 0.134. The van der Waals surface area contributed by atoms with E-state index in [1.54, 1.807) is 14.2 Å². The molecule has 1 amide bonds. The molecule has 0 bridgehead atoms. The van der Waals surface area contributed by atoms with Crippen molar-refractivity contribution in [1.82, 2.24) is 4.90 Å². The summed E-state index contributed by atoms with van der Waals surface area (Å²) < 4.78 is 10.7. The highest BCUT2D eigenvalue weighted by Crippen LogP contribution is 2.39. The van der Waals surface area contributed by atoms with E-state index >= 15 is 0 Å². The van der Waals surface area contributed by atoms with Gasteiger partial charge in [-0.05, 0) is 31.4 Å². The summed E-state index contributed by atoms with van der Waals surface area (Å²) in [4.78, 5) is 14.4. The largest absolute Gasteiger partial charge is 0.497 e. The van der Waals surface area contributed by atoms with Crippen molar-refractivity contribution >= 4 is 5.91 Å². The average Bonchev–Trinajstić information content (AvgIpc) is 3.01. The Morgan fingerprint density at radius 2 is 2.14 bits per heavy atom. The Balaban J connectivity index is 2.21. The Labute approximate surface area is 127 Å². The molecular formula is C17H25NO3. The summed E-state index contributed by atoms with van der Waals surface area (Å²) in [7, 11) is 3.31. The molecule has 0 N–H and O–H groups in total. The molecule has 1 heterocycles. The van der Waals surface area contributed by atoms with Gasteiger partial charge >= 0.3 is 0 Å². The van der Waals surface area contributed by atoms with Crippen molar-refractivity contribution in [2.75, 3.05) is 20.8 Å². The van der Waals surface area contributed by atoms with E-state index in [0.29, 0.717) is 6.42 Å². The van der Waals surface area contributed by atoms with E-state index in [-0.39, 0.29) is 11.9 Å². The molecule has 21 heavy (non-hydrogen) atoms. The lowest BCUT2D eigenvalue weighted by Crippen LogP contribution is -2.30. The zero-order chi connectivity index (χ0) is 15.2. The summed E-state index contributed by atoms with van der Waals surface area (Å²) in [6.45, 7) is 2.96. The van der Waals surface area contributed by atoms with E-state index in [4.69, 9.17) is 9.47 Å². The van der Waals surface area contributed by atoms with Gasteiger partial charge in [0.05, 0.1) is 20.3 Å². The molecule has 2 rings (SSSR count). The van der Waals surface area contributed by atoms with E-state index in [2.05, 4.69) is 6.92 Å². The second-order valence-electron chi connectivity index (χ2n) is 5.46. The number of carbonyl (C=O) groups is 1. The van der Waals surface area contributed by atoms with Crippen LogP contribution >= 0.6 is 0 Å². The van der Waals surface area contributed by atoms with Crippen LogP contribution in [0.5, 0.6) is 11.5 Å². The summed E-state index contributed by atoms with van der Waals surface area (Å²) in [6.07, 6.45) is 4.71. The number of rotatable bonds is 6. The Bertz CT molecular complexity index is 487. The molecule has 1 aliphatic rings. The summed E-state index contributed by atoms with van der Waals surface area (Å²) in [5.41, 5.74) is 1.08. The van der Waals surface area contributed by atoms with Crippen LogP contribution in [0.2, 0.25) is 0 Å². The number of carbonyl (C=O) groups excluding carboxylic acids is 1. The van der Waals surface area contributed by atoms with Crippen molar-refractivity contribution in [2.45, 2.75) is 45.1 Å². The van der Waals surface area contributed by atoms with Crippen molar-refractivity contribution in [3.8, 4) is 11.5 Å². The third kappa shape index (κ3) is 3.49. The molecule has 1 aromatic carbocycles. The van der Waals surface area contributed by atoms with E-state index in [9.17, 15) is 4.79 Å². The molecule has 1 aromatic rings. The third-order valence-corrected chi connectivity index (χ3v) is 4.12. The first-order valence-corrected chi connectivity index (χ1v) is 7.72. The van der Waals surface area contributed by atoms with Crippen LogP contribution in [-0.2, 0) is 4.79 Å². The maximum Gasteiger partial charge on any atom is 0.223 e. The van der Waals surface area contributed by atoms with Gasteiger partial charge in [0, 0.05) is 24.6 Å². The Kier molecular flexibility index (Phi) is 5.48. The topological polar surface area (TPSA) is 38.8 Å². The average molecular weight is 291 g/mol. The number of nitrogens with zero attached hydrogens (tertiary/aromatic N) is 1. The van der Waals surface area contributed by atoms with Crippen molar-refractivity contribution < 1.29 is 14.3 Å². The molecule has 0 aliphatic carbocycles. The zero-order valence-electron chi connectivity index (χ0n) is 13.2. The fourth-order valence-electron chi connectivity index (χ4n) is 2.95. The van der Waals surface area contributed by atoms with Gasteiger partial charge in [0.25, 0.3) is 0 Å². The highest BCUT2D eigenvalue weighted by atomic mass is 16.5. The van der Waals surface area contributed by atoms with E-state index < -0.39 is 0 Å². The van der Waals surface area contributed by atoms with Crippen molar-refractivity contribution in [3.63, 3.8) is 0 Å². The summed E-state index contributed by atoms with van der Waals surface area (Å²) in [5, 5.41) is 0. The first-order chi connectivity index (χ1) is 10.2. The lowest BCUT2D eigenvalue weighted by atomic mass is 10.0. The van der Waals surface area contributed by atoms with Crippen LogP contribution in [0, 0.1) is 0 Å². The molecule has 1 fully saturated rings. The van der Waals surface area contributed by atoms with E-state index in [0.717, 1.165) is 49.3 Å². The van der Waals surface area contributed by atoms with Crippen molar-refractivity contribution in [3.05, 3.63) is 23.8 Å². The third-order valence-electron chi connectivity index (χ3n) is 4.12. The smallest absolute Gasteiger partial charge is 0.223 e. The van der Waals surface area contributed by atoms with Crippen LogP contribution in [0.3, 0.4) is 0 Å². The van der Waals surface area contributed by atoms with Crippen molar-refractivity contribution in [2.24, 2.45) is 0 Å². The number of ether oxygens (including phenoxy) is 2. The maximum atomic E-state index is 12.4. The van der Waals surface area contributed by atoms with Gasteiger partial charge in [0.1, 0.15) is 11.5 Å². The number of methoxy groups -OCH3 is 2. The molecule has 116 valence electrons. The Morgan fingerprint density at radius 3 is 2.81 bits per heavy atom. The predicted octanol–water partition coefficient (Wildman–Crippen LogP) is 3.56. The number of hydrogen-bond acceptors (Lipinski definition) is 3. The molecule has 0 radical (unpaired) electrons. The van der Waals surface area contributed by atoms with Crippen LogP contribution in [-0.4, -0.2) is 31.6 Å². The molecule has 4 heteroatoms. The molecule has 4 nitrogen and oxygen atoms in total. The molecule has 1 atom stereocenters. The van der Waals surface area contributed by atoms with E-state index in [1.807, 2.05) is 23.1 Å². The monoisotopic (exact) mass is 291 g/mol. The molecule has 1 unspecified atom stereocenters. The van der Waals surface area contributed by atoms with Crippen LogP contribution in [0.4, 0.5) is 0 Å². The molecule has 0 aromatic heterocycles. The maximum absolute atomic E-state index is 12.4. The number of hydrogen-bond donors (Lipinski definition) is 0. The van der Waals surface area contributed by atoms with Crippen molar-refractivity contribution in [1.29, 1.82) is 0 Å². The summed E-state index contributed by atoms with van der Waals surface area (Å²) >= 11 is 0. The standard InChI is InChI=1S/C17H25NO3/c1-4-5-8-17(19)18-11-6-7-15(18)14-10-9-13(20-2)12-16(14)21-3/h9-10,12,15H,4-8,11H2,1-3H3. The zero-order valence-corrected chi connectivity index (χ0v) is 13.2. The Morgan fingerprint density at radius 1 is 1.33 bits per heavy atom. The van der Waals surface area contributed by atoms with Crippen LogP contribution in [0.25, 0.3) is 0 Å². The Hall–Kier alpha value is -1.71. The normalized spacial score (nSPS) is 17.9. The molecule has 1 aliphatic heterocycles. The number of likely N-dealkylation sites (tertiary alicyclic amines) is 1. The second kappa shape index (κ2) is 7.34. The van der Waals surface area contributed by atoms with Gasteiger partial charge in [-0.1, -0.05) is 13.3 Å². The SMILES string of the molecule is CCCCC(=O)N1CCCC1c1ccc(OC)cc1OC. The fourth-order valence-corrected chi connectivity index (χ4v) is 2.95. The molecule has 0 spiro atoms. The van der Waals surface area contributed by atoms with Gasteiger partial charge in [-0.3, -0.25) is 4.79 Å². The summed E-state index contributed by atoms with van der Waals surface area (Å²) in [5.74, 6) is 1.84. The van der Waals surface area contributed by atoms with Gasteiger partial charge in [0.15, 0.2) is 0 Å². The van der Waals surface area contributed by atoms with Crippen LogP contribution in [0.1, 0.15) is 50.6 Å². The first kappa shape index (κ1) is 15.7. The number of amides is 1. The number of benzene rings is 1. The van der Waals surface area contributed by atoms with Crippen LogP contribution in [0.15, 0.2) is 18.2 Å². The van der Waals surface area contributed by atoms with Gasteiger partial charge in [0.2, 0.25) is 5.91 Å². The molecular weight excluding hydrogens is 266 g/mol. The molecule has 0 saturated carbocycles.